The van der Waals surface area contributed by atoms with E-state index in [1.807, 2.05) is 54.2 Å². The van der Waals surface area contributed by atoms with Crippen molar-refractivity contribution in [3.8, 4) is 22.5 Å². The molecule has 0 fully saturated rings. The number of carbonyl (C=O) groups excluding carboxylic acids is 1. The van der Waals surface area contributed by atoms with E-state index in [2.05, 4.69) is 101 Å². The Morgan fingerprint density at radius 3 is 2.39 bits per heavy atom. The van der Waals surface area contributed by atoms with Gasteiger partial charge in [0.15, 0.2) is 0 Å². The Hall–Kier alpha value is -5.34. The number of carboxylic acid groups (broad SMARTS) is 1. The number of nitrogens with zero attached hydrogens (tertiary/aromatic N) is 1. The predicted molar refractivity (Wildman–Crippen MR) is 236 cm³/mol. The molecule has 8 heteroatoms. The number of unbranched alkanes of at least 4 members (excludes halogenated alkanes) is 2. The van der Waals surface area contributed by atoms with E-state index in [4.69, 9.17) is 19.3 Å². The number of aliphatic carboxylic acids is 1. The standard InChI is InChI=1S/C49H54N2O5S/c1-7-34-18-13-16-32(2)46(34)50-35-23-25-39-42(30-35)56-43-31-36(51-47-33(3)17-14-21-41(47)49(4,5)6)24-26-40(43)45(39)37-19-10-11-20-38(37)48(54)55-27-15-29-57-28-12-8-9-22-44(52)53/h10-11,13-14,16-21,23-26,30-31,50H,7-9,12,15,22,27-29H2,1-6H3,(H,52,53). The number of ether oxygens (including phenoxy) is 1. The average molecular weight is 783 g/mol. The molecule has 0 spiro atoms. The van der Waals surface area contributed by atoms with Crippen LogP contribution in [0.5, 0.6) is 0 Å². The Balaban J connectivity index is 1.37. The van der Waals surface area contributed by atoms with E-state index in [1.54, 1.807) is 0 Å². The fourth-order valence-electron chi connectivity index (χ4n) is 7.25. The largest absolute Gasteiger partial charge is 0.481 e. The van der Waals surface area contributed by atoms with Gasteiger partial charge in [0.25, 0.3) is 0 Å². The molecule has 4 aromatic carbocycles. The SMILES string of the molecule is CCc1cccc(C)c1Nc1ccc2c(-c3ccccc3C(=O)OCCCSCCCCCC(=O)O)c3ccc(=Nc4c(C)cccc4C(C)(C)C)cc-3oc2c1. The summed E-state index contributed by atoms with van der Waals surface area (Å²) in [6.45, 7) is 13.3. The minimum Gasteiger partial charge on any atom is -0.481 e. The van der Waals surface area contributed by atoms with E-state index < -0.39 is 5.97 Å². The van der Waals surface area contributed by atoms with Crippen molar-refractivity contribution in [2.45, 2.75) is 85.5 Å². The smallest absolute Gasteiger partial charge is 0.338 e. The molecule has 0 aromatic heterocycles. The maximum Gasteiger partial charge on any atom is 0.338 e. The minimum atomic E-state index is -0.741. The van der Waals surface area contributed by atoms with E-state index >= 15 is 0 Å². The molecular formula is C49H54N2O5S. The molecule has 0 bridgehead atoms. The molecule has 0 amide bonds. The van der Waals surface area contributed by atoms with Gasteiger partial charge in [0, 0.05) is 46.4 Å². The lowest BCUT2D eigenvalue weighted by Gasteiger charge is -2.22. The van der Waals surface area contributed by atoms with Crippen LogP contribution in [-0.4, -0.2) is 35.2 Å². The quantitative estimate of drug-likeness (QED) is 0.0572. The topological polar surface area (TPSA) is 101 Å². The van der Waals surface area contributed by atoms with Crippen molar-refractivity contribution < 1.29 is 23.8 Å². The molecule has 0 saturated carbocycles. The second-order valence-electron chi connectivity index (χ2n) is 15.6. The van der Waals surface area contributed by atoms with Crippen LogP contribution >= 0.6 is 11.8 Å². The molecule has 1 heterocycles. The second-order valence-corrected chi connectivity index (χ2v) is 16.9. The first-order chi connectivity index (χ1) is 27.4. The Labute approximate surface area is 340 Å². The van der Waals surface area contributed by atoms with E-state index in [9.17, 15) is 9.59 Å². The summed E-state index contributed by atoms with van der Waals surface area (Å²) < 4.78 is 12.7. The molecule has 2 aliphatic rings. The molecule has 4 aromatic rings. The van der Waals surface area contributed by atoms with Crippen LogP contribution in [0.2, 0.25) is 0 Å². The summed E-state index contributed by atoms with van der Waals surface area (Å²) in [6.07, 6.45) is 4.47. The maximum absolute atomic E-state index is 13.8. The lowest BCUT2D eigenvalue weighted by Crippen LogP contribution is -2.13. The lowest BCUT2D eigenvalue weighted by molar-refractivity contribution is -0.137. The lowest BCUT2D eigenvalue weighted by atomic mass is 9.84. The highest BCUT2D eigenvalue weighted by molar-refractivity contribution is 7.99. The second kappa shape index (κ2) is 18.7. The van der Waals surface area contributed by atoms with Crippen LogP contribution in [0, 0.1) is 13.8 Å². The van der Waals surface area contributed by atoms with E-state index in [1.165, 1.54) is 16.7 Å². The number of benzene rings is 5. The van der Waals surface area contributed by atoms with Gasteiger partial charge in [-0.15, -0.1) is 0 Å². The molecule has 0 unspecified atom stereocenters. The Kier molecular flexibility index (Phi) is 13.6. The third-order valence-electron chi connectivity index (χ3n) is 10.3. The van der Waals surface area contributed by atoms with Gasteiger partial charge in [-0.25, -0.2) is 9.79 Å². The minimum absolute atomic E-state index is 0.0880. The highest BCUT2D eigenvalue weighted by atomic mass is 32.2. The summed E-state index contributed by atoms with van der Waals surface area (Å²) in [5.41, 5.74) is 11.3. The highest BCUT2D eigenvalue weighted by Crippen LogP contribution is 2.43. The molecule has 2 N–H and O–H groups in total. The molecule has 0 atom stereocenters. The van der Waals surface area contributed by atoms with Gasteiger partial charge < -0.3 is 19.6 Å². The van der Waals surface area contributed by atoms with Gasteiger partial charge >= 0.3 is 11.9 Å². The zero-order valence-electron chi connectivity index (χ0n) is 34.0. The first-order valence-electron chi connectivity index (χ1n) is 20.0. The van der Waals surface area contributed by atoms with Gasteiger partial charge in [-0.1, -0.05) is 88.7 Å². The van der Waals surface area contributed by atoms with Gasteiger partial charge in [-0.3, -0.25) is 4.79 Å². The van der Waals surface area contributed by atoms with E-state index in [-0.39, 0.29) is 17.8 Å². The number of hydrogen-bond donors (Lipinski definition) is 2. The summed E-state index contributed by atoms with van der Waals surface area (Å²) in [6, 6.07) is 32.6. The number of rotatable bonds is 16. The van der Waals surface area contributed by atoms with Crippen molar-refractivity contribution in [3.63, 3.8) is 0 Å². The number of hydrogen-bond acceptors (Lipinski definition) is 7. The number of esters is 1. The van der Waals surface area contributed by atoms with Crippen LogP contribution in [0.3, 0.4) is 0 Å². The van der Waals surface area contributed by atoms with E-state index in [0.29, 0.717) is 29.9 Å². The van der Waals surface area contributed by atoms with Gasteiger partial charge in [0.1, 0.15) is 11.3 Å². The summed E-state index contributed by atoms with van der Waals surface area (Å²) in [5, 5.41) is 14.2. The van der Waals surface area contributed by atoms with Crippen LogP contribution in [0.4, 0.5) is 17.1 Å². The molecule has 7 nitrogen and oxygen atoms in total. The highest BCUT2D eigenvalue weighted by Gasteiger charge is 2.23. The number of fused-ring (bicyclic) bond motifs is 2. The number of nitrogens with one attached hydrogen (secondary N) is 1. The zero-order valence-corrected chi connectivity index (χ0v) is 34.9. The van der Waals surface area contributed by atoms with Crippen LogP contribution in [-0.2, 0) is 21.4 Å². The predicted octanol–water partition coefficient (Wildman–Crippen LogP) is 12.6. The van der Waals surface area contributed by atoms with Crippen LogP contribution in [0.15, 0.2) is 106 Å². The Morgan fingerprint density at radius 1 is 0.825 bits per heavy atom. The average Bonchev–Trinajstić information content (AvgIpc) is 3.18. The van der Waals surface area contributed by atoms with Crippen molar-refractivity contribution in [1.29, 1.82) is 0 Å². The molecule has 1 aliphatic carbocycles. The summed E-state index contributed by atoms with van der Waals surface area (Å²) in [4.78, 5) is 29.7. The summed E-state index contributed by atoms with van der Waals surface area (Å²) in [5.74, 6) is 1.39. The molecular weight excluding hydrogens is 729 g/mol. The first kappa shape index (κ1) is 41.3. The van der Waals surface area contributed by atoms with Gasteiger partial charge in [-0.05, 0) is 115 Å². The molecule has 1 aliphatic heterocycles. The fourth-order valence-corrected chi connectivity index (χ4v) is 8.18. The number of thioether (sulfide) groups is 1. The molecule has 0 radical (unpaired) electrons. The third kappa shape index (κ3) is 10.2. The Morgan fingerprint density at radius 2 is 1.60 bits per heavy atom. The van der Waals surface area contributed by atoms with Crippen molar-refractivity contribution >= 4 is 51.7 Å². The number of carboxylic acids is 1. The maximum atomic E-state index is 13.8. The Bertz CT molecular complexity index is 2410. The molecule has 296 valence electrons. The molecule has 57 heavy (non-hydrogen) atoms. The first-order valence-corrected chi connectivity index (χ1v) is 21.2. The van der Waals surface area contributed by atoms with Crippen molar-refractivity contribution in [2.75, 3.05) is 23.4 Å². The molecule has 0 saturated heterocycles. The normalized spacial score (nSPS) is 12.0. The van der Waals surface area contributed by atoms with Crippen molar-refractivity contribution in [2.24, 2.45) is 4.99 Å². The van der Waals surface area contributed by atoms with Crippen LogP contribution in [0.25, 0.3) is 33.4 Å². The van der Waals surface area contributed by atoms with Crippen LogP contribution < -0.4 is 10.7 Å². The number of carbonyl (C=O) groups is 2. The monoisotopic (exact) mass is 782 g/mol. The zero-order chi connectivity index (χ0) is 40.5. The molecule has 6 rings (SSSR count). The van der Waals surface area contributed by atoms with Gasteiger partial charge in [0.2, 0.25) is 0 Å². The van der Waals surface area contributed by atoms with Gasteiger partial charge in [0.05, 0.1) is 23.2 Å². The summed E-state index contributed by atoms with van der Waals surface area (Å²) >= 11 is 1.81. The van der Waals surface area contributed by atoms with Crippen LogP contribution in [0.1, 0.15) is 92.4 Å². The van der Waals surface area contributed by atoms with Crippen molar-refractivity contribution in [3.05, 3.63) is 130 Å². The third-order valence-corrected chi connectivity index (χ3v) is 11.4. The number of aryl methyl sites for hydroxylation is 3. The van der Waals surface area contributed by atoms with E-state index in [0.717, 1.165) is 87.2 Å². The number of anilines is 2. The fraction of sp³-hybridized carbons (Fsp3) is 0.327. The van der Waals surface area contributed by atoms with Crippen molar-refractivity contribution in [1.82, 2.24) is 0 Å². The number of para-hydroxylation sites is 2. The van der Waals surface area contributed by atoms with Gasteiger partial charge in [-0.2, -0.15) is 11.8 Å². The summed E-state index contributed by atoms with van der Waals surface area (Å²) in [7, 11) is 0.